The van der Waals surface area contributed by atoms with E-state index >= 15 is 0 Å². The number of hydrogen-bond acceptors (Lipinski definition) is 0. The van der Waals surface area contributed by atoms with Crippen molar-refractivity contribution in [2.75, 3.05) is 0 Å². The van der Waals surface area contributed by atoms with Crippen LogP contribution < -0.4 is 0 Å². The Morgan fingerprint density at radius 3 is 1.90 bits per heavy atom. The third-order valence-corrected chi connectivity index (χ3v) is 4.13. The van der Waals surface area contributed by atoms with Gasteiger partial charge in [0.2, 0.25) is 0 Å². The predicted octanol–water partition coefficient (Wildman–Crippen LogP) is 6.00. The Labute approximate surface area is 167 Å². The fraction of sp³-hybridized carbons (Fsp3) is 0.120. The lowest BCUT2D eigenvalue weighted by atomic mass is 10.1. The number of rotatable bonds is 2. The van der Waals surface area contributed by atoms with Gasteiger partial charge in [-0.3, -0.25) is 0 Å². The first-order valence-electron chi connectivity index (χ1n) is 9.03. The zero-order valence-corrected chi connectivity index (χ0v) is 15.6. The number of hydrogen-bond donors (Lipinski definition) is 0. The minimum absolute atomic E-state index is 0.140. The van der Waals surface area contributed by atoms with E-state index in [0.717, 1.165) is 12.5 Å². The van der Waals surface area contributed by atoms with Gasteiger partial charge in [-0.15, -0.1) is 0 Å². The molecule has 29 heavy (non-hydrogen) atoms. The monoisotopic (exact) mass is 392 g/mol. The van der Waals surface area contributed by atoms with Crippen molar-refractivity contribution in [3.63, 3.8) is 0 Å². The molecule has 0 amide bonds. The number of benzene rings is 3. The highest BCUT2D eigenvalue weighted by Crippen LogP contribution is 2.16. The van der Waals surface area contributed by atoms with E-state index in [0.29, 0.717) is 17.5 Å². The van der Waals surface area contributed by atoms with Crippen molar-refractivity contribution in [2.45, 2.75) is 19.8 Å². The highest BCUT2D eigenvalue weighted by molar-refractivity contribution is 5.49. The lowest BCUT2D eigenvalue weighted by Crippen LogP contribution is -1.95. The van der Waals surface area contributed by atoms with Crippen LogP contribution in [-0.4, -0.2) is 0 Å². The molecule has 0 saturated heterocycles. The van der Waals surface area contributed by atoms with E-state index in [1.165, 1.54) is 48.5 Å². The molecule has 0 fully saturated rings. The Bertz CT molecular complexity index is 1130. The summed E-state index contributed by atoms with van der Waals surface area (Å²) in [5.41, 5.74) is 1.19. The quantitative estimate of drug-likeness (QED) is 0.371. The molecule has 0 aliphatic heterocycles. The normalized spacial score (nSPS) is 9.97. The van der Waals surface area contributed by atoms with Crippen LogP contribution in [0.5, 0.6) is 0 Å². The highest BCUT2D eigenvalue weighted by atomic mass is 19.1. The van der Waals surface area contributed by atoms with Gasteiger partial charge in [0.05, 0.1) is 11.1 Å². The molecule has 0 aliphatic carbocycles. The molecule has 0 spiro atoms. The summed E-state index contributed by atoms with van der Waals surface area (Å²) in [6.07, 6.45) is 1.35. The summed E-state index contributed by atoms with van der Waals surface area (Å²) < 4.78 is 55.4. The van der Waals surface area contributed by atoms with Gasteiger partial charge >= 0.3 is 0 Å². The molecule has 0 atom stereocenters. The Balaban J connectivity index is 1.83. The summed E-state index contributed by atoms with van der Waals surface area (Å²) in [5, 5.41) is 0. The zero-order valence-electron chi connectivity index (χ0n) is 15.6. The summed E-state index contributed by atoms with van der Waals surface area (Å²) in [7, 11) is 0. The van der Waals surface area contributed by atoms with Gasteiger partial charge < -0.3 is 0 Å². The third-order valence-electron chi connectivity index (χ3n) is 4.13. The van der Waals surface area contributed by atoms with Gasteiger partial charge in [-0.25, -0.2) is 17.6 Å². The molecule has 4 heteroatoms. The second kappa shape index (κ2) is 9.13. The van der Waals surface area contributed by atoms with Gasteiger partial charge in [-0.05, 0) is 66.6 Å². The van der Waals surface area contributed by atoms with Crippen molar-refractivity contribution in [3.8, 4) is 23.7 Å². The van der Waals surface area contributed by atoms with E-state index in [1.54, 1.807) is 0 Å². The van der Waals surface area contributed by atoms with Crippen molar-refractivity contribution in [2.24, 2.45) is 0 Å². The molecule has 0 aromatic heterocycles. The fourth-order valence-electron chi connectivity index (χ4n) is 2.68. The molecule has 144 valence electrons. The van der Waals surface area contributed by atoms with Crippen molar-refractivity contribution in [1.29, 1.82) is 0 Å². The maximum Gasteiger partial charge on any atom is 0.142 e. The maximum atomic E-state index is 14.3. The van der Waals surface area contributed by atoms with Crippen LogP contribution in [-0.2, 0) is 6.42 Å². The number of halogens is 4. The van der Waals surface area contributed by atoms with Crippen LogP contribution in [0.15, 0.2) is 54.6 Å². The molecule has 3 rings (SSSR count). The van der Waals surface area contributed by atoms with Crippen LogP contribution >= 0.6 is 0 Å². The van der Waals surface area contributed by atoms with E-state index in [1.807, 2.05) is 6.92 Å². The average Bonchev–Trinajstić information content (AvgIpc) is 2.68. The van der Waals surface area contributed by atoms with Crippen LogP contribution in [0.4, 0.5) is 17.6 Å². The Hall–Kier alpha value is -3.50. The first-order valence-corrected chi connectivity index (χ1v) is 9.03. The molecule has 0 bridgehead atoms. The van der Waals surface area contributed by atoms with Crippen LogP contribution in [0.2, 0.25) is 0 Å². The Kier molecular flexibility index (Phi) is 6.37. The molecule has 0 radical (unpaired) electrons. The highest BCUT2D eigenvalue weighted by Gasteiger charge is 2.09. The van der Waals surface area contributed by atoms with E-state index < -0.39 is 17.5 Å². The average molecular weight is 392 g/mol. The SMILES string of the molecule is CCCc1cc(F)c(C#Cc2ccc(C#Cc3ccc(F)cc3)c(F)c2)c(F)c1. The topological polar surface area (TPSA) is 0 Å². The van der Waals surface area contributed by atoms with Gasteiger partial charge in [-0.2, -0.15) is 0 Å². The van der Waals surface area contributed by atoms with Crippen LogP contribution in [0, 0.1) is 47.0 Å². The number of aryl methyl sites for hydroxylation is 1. The van der Waals surface area contributed by atoms with Crippen molar-refractivity contribution >= 4 is 0 Å². The summed E-state index contributed by atoms with van der Waals surface area (Å²) in [5.74, 6) is 7.99. The second-order valence-electron chi connectivity index (χ2n) is 6.39. The molecule has 0 nitrogen and oxygen atoms in total. The van der Waals surface area contributed by atoms with Crippen LogP contribution in [0.1, 0.15) is 41.2 Å². The minimum atomic E-state index is -0.733. The zero-order chi connectivity index (χ0) is 20.8. The molecule has 0 aliphatic rings. The fourth-order valence-corrected chi connectivity index (χ4v) is 2.68. The summed E-state index contributed by atoms with van der Waals surface area (Å²) in [6.45, 7) is 1.92. The first-order chi connectivity index (χ1) is 14.0. The molecule has 0 saturated carbocycles. The second-order valence-corrected chi connectivity index (χ2v) is 6.39. The van der Waals surface area contributed by atoms with Crippen LogP contribution in [0.3, 0.4) is 0 Å². The summed E-state index contributed by atoms with van der Waals surface area (Å²) in [4.78, 5) is 0. The summed E-state index contributed by atoms with van der Waals surface area (Å²) >= 11 is 0. The minimum Gasteiger partial charge on any atom is -0.207 e. The van der Waals surface area contributed by atoms with Gasteiger partial charge in [0, 0.05) is 11.1 Å². The smallest absolute Gasteiger partial charge is 0.142 e. The summed E-state index contributed by atoms with van der Waals surface area (Å²) in [6, 6.07) is 12.2. The maximum absolute atomic E-state index is 14.3. The largest absolute Gasteiger partial charge is 0.207 e. The predicted molar refractivity (Wildman–Crippen MR) is 105 cm³/mol. The van der Waals surface area contributed by atoms with Gasteiger partial charge in [0.25, 0.3) is 0 Å². The Morgan fingerprint density at radius 1 is 0.655 bits per heavy atom. The van der Waals surface area contributed by atoms with E-state index in [-0.39, 0.29) is 22.5 Å². The van der Waals surface area contributed by atoms with Crippen molar-refractivity contribution in [1.82, 2.24) is 0 Å². The van der Waals surface area contributed by atoms with E-state index in [9.17, 15) is 17.6 Å². The first kappa shape index (κ1) is 20.2. The molecule has 0 heterocycles. The van der Waals surface area contributed by atoms with E-state index in [4.69, 9.17) is 0 Å². The molecular formula is C25H16F4. The van der Waals surface area contributed by atoms with Gasteiger partial charge in [0.15, 0.2) is 0 Å². The van der Waals surface area contributed by atoms with E-state index in [2.05, 4.69) is 23.7 Å². The van der Waals surface area contributed by atoms with Crippen molar-refractivity contribution < 1.29 is 17.6 Å². The lowest BCUT2D eigenvalue weighted by Gasteiger charge is -2.02. The van der Waals surface area contributed by atoms with Crippen LogP contribution in [0.25, 0.3) is 0 Å². The Morgan fingerprint density at radius 2 is 1.28 bits per heavy atom. The van der Waals surface area contributed by atoms with Gasteiger partial charge in [-0.1, -0.05) is 37.0 Å². The van der Waals surface area contributed by atoms with Gasteiger partial charge in [0.1, 0.15) is 23.3 Å². The molecule has 0 unspecified atom stereocenters. The van der Waals surface area contributed by atoms with Crippen molar-refractivity contribution in [3.05, 3.63) is 106 Å². The molecular weight excluding hydrogens is 376 g/mol. The molecule has 3 aromatic rings. The standard InChI is InChI=1S/C25H16F4/c1-2-3-19-15-24(28)22(25(29)16-19)13-8-18-5-10-20(23(27)14-18)9-4-17-6-11-21(26)12-7-17/h5-7,10-12,14-16H,2-3H2,1H3. The molecule has 3 aromatic carbocycles. The molecule has 0 N–H and O–H groups in total. The third kappa shape index (κ3) is 5.27. The lowest BCUT2D eigenvalue weighted by molar-refractivity contribution is 0.573.